The zero-order valence-electron chi connectivity index (χ0n) is 12.0. The number of carbonyl (C=O) groups excluding carboxylic acids is 2. The molecule has 0 aliphatic carbocycles. The fourth-order valence-corrected chi connectivity index (χ4v) is 3.12. The van der Waals surface area contributed by atoms with Crippen LogP contribution in [0.5, 0.6) is 0 Å². The van der Waals surface area contributed by atoms with Gasteiger partial charge in [0.05, 0.1) is 11.1 Å². The molecule has 4 rings (SSSR count). The first-order valence-corrected chi connectivity index (χ1v) is 8.30. The number of nitrogens with zero attached hydrogens (tertiary/aromatic N) is 3. The van der Waals surface area contributed by atoms with Gasteiger partial charge in [0.2, 0.25) is 0 Å². The molecule has 0 aromatic carbocycles. The molecule has 24 heavy (non-hydrogen) atoms. The first kappa shape index (κ1) is 15.3. The minimum Gasteiger partial charge on any atom is -0.448 e. The van der Waals surface area contributed by atoms with Crippen LogP contribution < -0.4 is 0 Å². The van der Waals surface area contributed by atoms with Gasteiger partial charge in [0, 0.05) is 7.05 Å². The zero-order valence-corrected chi connectivity index (χ0v) is 15.2. The van der Waals surface area contributed by atoms with E-state index in [1.54, 1.807) is 24.3 Å². The molecule has 7 nitrogen and oxygen atoms in total. The summed E-state index contributed by atoms with van der Waals surface area (Å²) >= 11 is 6.41. The van der Waals surface area contributed by atoms with Gasteiger partial charge in [-0.3, -0.25) is 14.5 Å². The Bertz CT molecular complexity index is 929. The third-order valence-electron chi connectivity index (χ3n) is 3.62. The number of imide groups is 1. The molecule has 0 unspecified atom stereocenters. The molecule has 9 heteroatoms. The topological polar surface area (TPSA) is 89.4 Å². The number of hydrogen-bond acceptors (Lipinski definition) is 6. The molecule has 0 bridgehead atoms. The highest BCUT2D eigenvalue weighted by Crippen LogP contribution is 2.37. The van der Waals surface area contributed by atoms with Crippen LogP contribution in [0.2, 0.25) is 0 Å². The molecule has 3 aromatic rings. The van der Waals surface area contributed by atoms with Gasteiger partial charge in [0.15, 0.2) is 20.9 Å². The minimum absolute atomic E-state index is 0.155. The Morgan fingerprint density at radius 2 is 1.25 bits per heavy atom. The Kier molecular flexibility index (Phi) is 3.43. The normalized spacial score (nSPS) is 13.7. The number of fused-ring (bicyclic) bond motifs is 1. The van der Waals surface area contributed by atoms with Crippen LogP contribution in [0.15, 0.2) is 42.4 Å². The summed E-state index contributed by atoms with van der Waals surface area (Å²) in [6.45, 7) is 0. The smallest absolute Gasteiger partial charge is 0.263 e. The molecule has 0 atom stereocenters. The summed E-state index contributed by atoms with van der Waals surface area (Å²) in [6.07, 6.45) is 0. The van der Waals surface area contributed by atoms with Crippen molar-refractivity contribution in [1.29, 1.82) is 0 Å². The first-order chi connectivity index (χ1) is 11.5. The summed E-state index contributed by atoms with van der Waals surface area (Å²) in [5, 5.41) is 8.20. The van der Waals surface area contributed by atoms with Crippen molar-refractivity contribution < 1.29 is 18.4 Å². The summed E-state index contributed by atoms with van der Waals surface area (Å²) in [5.41, 5.74) is 0.740. The van der Waals surface area contributed by atoms with Crippen LogP contribution in [-0.2, 0) is 0 Å². The Labute approximate surface area is 151 Å². The van der Waals surface area contributed by atoms with Crippen LogP contribution in [-0.4, -0.2) is 34.0 Å². The van der Waals surface area contributed by atoms with Gasteiger partial charge in [-0.25, -0.2) is 0 Å². The number of carbonyl (C=O) groups is 2. The first-order valence-electron chi connectivity index (χ1n) is 6.72. The van der Waals surface area contributed by atoms with E-state index in [-0.39, 0.29) is 22.5 Å². The third-order valence-corrected chi connectivity index (χ3v) is 4.48. The molecule has 0 N–H and O–H groups in total. The highest BCUT2D eigenvalue weighted by atomic mass is 79.9. The summed E-state index contributed by atoms with van der Waals surface area (Å²) in [4.78, 5) is 26.1. The van der Waals surface area contributed by atoms with E-state index in [9.17, 15) is 9.59 Å². The second kappa shape index (κ2) is 5.38. The average Bonchev–Trinajstić information content (AvgIpc) is 3.24. The van der Waals surface area contributed by atoms with Gasteiger partial charge in [-0.2, -0.15) is 0 Å². The SMILES string of the molecule is CN1C(=O)c2c(-c3ccc(Br)o3)nnc(-c3ccc(Br)o3)c2C1=O. The minimum atomic E-state index is -0.459. The largest absolute Gasteiger partial charge is 0.448 e. The van der Waals surface area contributed by atoms with Gasteiger partial charge in [-0.1, -0.05) is 0 Å². The second-order valence-electron chi connectivity index (χ2n) is 5.02. The quantitative estimate of drug-likeness (QED) is 0.550. The molecule has 0 fully saturated rings. The fraction of sp³-hybridized carbons (Fsp3) is 0.0667. The van der Waals surface area contributed by atoms with E-state index in [1.807, 2.05) is 0 Å². The highest BCUT2D eigenvalue weighted by molar-refractivity contribution is 9.10. The van der Waals surface area contributed by atoms with E-state index in [4.69, 9.17) is 8.83 Å². The number of aromatic nitrogens is 2. The van der Waals surface area contributed by atoms with Crippen LogP contribution in [0.4, 0.5) is 0 Å². The number of hydrogen-bond donors (Lipinski definition) is 0. The Balaban J connectivity index is 2.02. The van der Waals surface area contributed by atoms with Crippen molar-refractivity contribution >= 4 is 43.7 Å². The van der Waals surface area contributed by atoms with Crippen molar-refractivity contribution in [3.8, 4) is 22.9 Å². The predicted molar refractivity (Wildman–Crippen MR) is 89.3 cm³/mol. The van der Waals surface area contributed by atoms with Gasteiger partial charge < -0.3 is 8.83 Å². The lowest BCUT2D eigenvalue weighted by Gasteiger charge is -2.04. The molecule has 0 saturated heterocycles. The molecule has 1 aliphatic heterocycles. The summed E-state index contributed by atoms with van der Waals surface area (Å²) in [5.74, 6) is -0.234. The highest BCUT2D eigenvalue weighted by Gasteiger charge is 2.40. The maximum absolute atomic E-state index is 12.5. The molecule has 1 aliphatic rings. The van der Waals surface area contributed by atoms with Gasteiger partial charge in [-0.05, 0) is 56.1 Å². The molecule has 4 heterocycles. The fourth-order valence-electron chi connectivity index (χ4n) is 2.51. The van der Waals surface area contributed by atoms with E-state index in [0.29, 0.717) is 20.9 Å². The van der Waals surface area contributed by atoms with Crippen molar-refractivity contribution in [2.45, 2.75) is 0 Å². The van der Waals surface area contributed by atoms with E-state index >= 15 is 0 Å². The molecular weight excluding hydrogens is 446 g/mol. The predicted octanol–water partition coefficient (Wildman–Crippen LogP) is 3.75. The van der Waals surface area contributed by atoms with Crippen LogP contribution in [0.1, 0.15) is 20.7 Å². The van der Waals surface area contributed by atoms with E-state index in [2.05, 4.69) is 42.1 Å². The van der Waals surface area contributed by atoms with Crippen LogP contribution in [0.3, 0.4) is 0 Å². The summed E-state index contributed by atoms with van der Waals surface area (Å²) in [6, 6.07) is 6.64. The van der Waals surface area contributed by atoms with Crippen molar-refractivity contribution in [3.05, 3.63) is 44.7 Å². The average molecular weight is 453 g/mol. The van der Waals surface area contributed by atoms with Gasteiger partial charge in [0.25, 0.3) is 11.8 Å². The number of amides is 2. The summed E-state index contributed by atoms with van der Waals surface area (Å²) in [7, 11) is 1.41. The lowest BCUT2D eigenvalue weighted by molar-refractivity contribution is 0.0693. The standard InChI is InChI=1S/C15H7Br2N3O4/c1-20-14(21)10-11(15(20)22)13(7-3-5-9(17)24-7)19-18-12(10)6-2-4-8(16)23-6/h2-5H,1H3. The molecule has 0 spiro atoms. The molecule has 120 valence electrons. The zero-order chi connectivity index (χ0) is 17.0. The maximum atomic E-state index is 12.5. The number of halogens is 2. The Morgan fingerprint density at radius 3 is 1.58 bits per heavy atom. The van der Waals surface area contributed by atoms with Gasteiger partial charge in [0.1, 0.15) is 11.4 Å². The van der Waals surface area contributed by atoms with Gasteiger partial charge >= 0.3 is 0 Å². The lowest BCUT2D eigenvalue weighted by Crippen LogP contribution is -2.24. The number of furan rings is 2. The van der Waals surface area contributed by atoms with Crippen molar-refractivity contribution in [2.75, 3.05) is 7.05 Å². The maximum Gasteiger partial charge on any atom is 0.263 e. The van der Waals surface area contributed by atoms with Crippen molar-refractivity contribution in [3.63, 3.8) is 0 Å². The molecule has 0 radical (unpaired) electrons. The lowest BCUT2D eigenvalue weighted by atomic mass is 10.0. The Hall–Kier alpha value is -2.26. The molecule has 3 aromatic heterocycles. The van der Waals surface area contributed by atoms with E-state index < -0.39 is 11.8 Å². The van der Waals surface area contributed by atoms with Crippen molar-refractivity contribution in [1.82, 2.24) is 15.1 Å². The van der Waals surface area contributed by atoms with Crippen molar-refractivity contribution in [2.24, 2.45) is 0 Å². The number of rotatable bonds is 2. The molecule has 2 amide bonds. The van der Waals surface area contributed by atoms with Gasteiger partial charge in [-0.15, -0.1) is 10.2 Å². The Morgan fingerprint density at radius 1 is 0.833 bits per heavy atom. The van der Waals surface area contributed by atoms with Crippen LogP contribution in [0, 0.1) is 0 Å². The van der Waals surface area contributed by atoms with E-state index in [0.717, 1.165) is 4.90 Å². The summed E-state index contributed by atoms with van der Waals surface area (Å²) < 4.78 is 11.9. The third kappa shape index (κ3) is 2.15. The molecule has 0 saturated carbocycles. The second-order valence-corrected chi connectivity index (χ2v) is 6.59. The van der Waals surface area contributed by atoms with Crippen LogP contribution in [0.25, 0.3) is 22.9 Å². The monoisotopic (exact) mass is 451 g/mol. The molecular formula is C15H7Br2N3O4. The van der Waals surface area contributed by atoms with Crippen LogP contribution >= 0.6 is 31.9 Å². The van der Waals surface area contributed by atoms with E-state index in [1.165, 1.54) is 7.05 Å².